The lowest BCUT2D eigenvalue weighted by atomic mass is 10.3. The minimum atomic E-state index is -0.480. The Morgan fingerprint density at radius 3 is 2.74 bits per heavy atom. The fourth-order valence-electron chi connectivity index (χ4n) is 2.22. The maximum absolute atomic E-state index is 12.2. The Balaban J connectivity index is 1.93. The van der Waals surface area contributed by atoms with Gasteiger partial charge >= 0.3 is 5.97 Å². The zero-order valence-corrected chi connectivity index (χ0v) is 13.5. The van der Waals surface area contributed by atoms with Crippen LogP contribution in [0.15, 0.2) is 36.4 Å². The lowest BCUT2D eigenvalue weighted by Crippen LogP contribution is -2.29. The summed E-state index contributed by atoms with van der Waals surface area (Å²) in [6.07, 6.45) is 0. The maximum Gasteiger partial charge on any atom is 0.325 e. The molecule has 1 amide bonds. The Morgan fingerprint density at radius 1 is 1.30 bits per heavy atom. The van der Waals surface area contributed by atoms with Crippen molar-refractivity contribution in [2.24, 2.45) is 0 Å². The average Bonchev–Trinajstić information content (AvgIpc) is 3.14. The lowest BCUT2D eigenvalue weighted by Gasteiger charge is -2.02. The van der Waals surface area contributed by atoms with Crippen LogP contribution in [0.1, 0.15) is 15.4 Å². The molecule has 0 spiro atoms. The number of carbonyl (C=O) groups excluding carboxylic acids is 2. The molecule has 0 aliphatic carbocycles. The van der Waals surface area contributed by atoms with Crippen LogP contribution in [-0.2, 0) is 9.53 Å². The molecule has 7 heteroatoms. The second kappa shape index (κ2) is 6.21. The predicted octanol–water partition coefficient (Wildman–Crippen LogP) is 2.30. The zero-order valence-electron chi connectivity index (χ0n) is 12.7. The molecule has 0 unspecified atom stereocenters. The normalized spacial score (nSPS) is 10.7. The summed E-state index contributed by atoms with van der Waals surface area (Å²) in [6.45, 7) is 1.76. The highest BCUT2D eigenvalue weighted by atomic mass is 32.1. The van der Waals surface area contributed by atoms with Gasteiger partial charge in [-0.15, -0.1) is 11.3 Å². The van der Waals surface area contributed by atoms with Crippen LogP contribution in [-0.4, -0.2) is 35.3 Å². The number of rotatable bonds is 4. The number of nitrogens with one attached hydrogen (secondary N) is 1. The van der Waals surface area contributed by atoms with Crippen LogP contribution in [0.2, 0.25) is 0 Å². The number of nitrogens with zero attached hydrogens (tertiary/aromatic N) is 2. The van der Waals surface area contributed by atoms with Crippen molar-refractivity contribution in [3.05, 3.63) is 47.0 Å². The Labute approximate surface area is 136 Å². The van der Waals surface area contributed by atoms with Gasteiger partial charge in [0.2, 0.25) is 0 Å². The van der Waals surface area contributed by atoms with Gasteiger partial charge in [-0.2, -0.15) is 5.10 Å². The molecule has 0 radical (unpaired) electrons. The minimum Gasteiger partial charge on any atom is -0.468 e. The van der Waals surface area contributed by atoms with Crippen LogP contribution >= 0.6 is 11.3 Å². The molecule has 0 bridgehead atoms. The molecule has 0 saturated carbocycles. The third kappa shape index (κ3) is 2.95. The Morgan fingerprint density at radius 2 is 2.04 bits per heavy atom. The van der Waals surface area contributed by atoms with Gasteiger partial charge in [0.1, 0.15) is 11.4 Å². The van der Waals surface area contributed by atoms with E-state index in [0.717, 1.165) is 21.6 Å². The van der Waals surface area contributed by atoms with E-state index in [4.69, 9.17) is 0 Å². The SMILES string of the molecule is COC(=O)CNC(=O)c1cc2c(C)nn(-c3ccccc3)c2s1. The molecule has 23 heavy (non-hydrogen) atoms. The van der Waals surface area contributed by atoms with E-state index in [9.17, 15) is 9.59 Å². The highest BCUT2D eigenvalue weighted by molar-refractivity contribution is 7.20. The first-order chi connectivity index (χ1) is 11.1. The summed E-state index contributed by atoms with van der Waals surface area (Å²) in [5.41, 5.74) is 1.79. The van der Waals surface area contributed by atoms with Crippen molar-refractivity contribution in [1.82, 2.24) is 15.1 Å². The number of thiophene rings is 1. The van der Waals surface area contributed by atoms with E-state index in [-0.39, 0.29) is 12.5 Å². The largest absolute Gasteiger partial charge is 0.468 e. The Kier molecular flexibility index (Phi) is 4.12. The number of para-hydroxylation sites is 1. The quantitative estimate of drug-likeness (QED) is 0.746. The first kappa shape index (κ1) is 15.2. The van der Waals surface area contributed by atoms with Crippen LogP contribution in [0, 0.1) is 6.92 Å². The van der Waals surface area contributed by atoms with Gasteiger partial charge in [0, 0.05) is 5.39 Å². The zero-order chi connectivity index (χ0) is 16.4. The minimum absolute atomic E-state index is 0.145. The van der Waals surface area contributed by atoms with Gasteiger partial charge in [0.15, 0.2) is 0 Å². The predicted molar refractivity (Wildman–Crippen MR) is 88.0 cm³/mol. The summed E-state index contributed by atoms with van der Waals surface area (Å²) in [5, 5.41) is 8.01. The summed E-state index contributed by atoms with van der Waals surface area (Å²) in [6, 6.07) is 11.5. The molecule has 0 aliphatic rings. The average molecular weight is 329 g/mol. The number of benzene rings is 1. The molecule has 3 aromatic rings. The second-order valence-electron chi connectivity index (χ2n) is 4.92. The van der Waals surface area contributed by atoms with Crippen molar-refractivity contribution in [3.8, 4) is 5.69 Å². The lowest BCUT2D eigenvalue weighted by molar-refractivity contribution is -0.139. The van der Waals surface area contributed by atoms with E-state index in [1.165, 1.54) is 18.4 Å². The first-order valence-corrected chi connectivity index (χ1v) is 7.81. The van der Waals surface area contributed by atoms with Gasteiger partial charge in [0.25, 0.3) is 5.91 Å². The fourth-order valence-corrected chi connectivity index (χ4v) is 3.31. The maximum atomic E-state index is 12.2. The molecule has 3 rings (SSSR count). The highest BCUT2D eigenvalue weighted by Crippen LogP contribution is 2.30. The van der Waals surface area contributed by atoms with Crippen molar-refractivity contribution in [3.63, 3.8) is 0 Å². The van der Waals surface area contributed by atoms with E-state index >= 15 is 0 Å². The summed E-state index contributed by atoms with van der Waals surface area (Å²) >= 11 is 1.34. The van der Waals surface area contributed by atoms with Crippen LogP contribution in [0.3, 0.4) is 0 Å². The van der Waals surface area contributed by atoms with Crippen LogP contribution in [0.4, 0.5) is 0 Å². The van der Waals surface area contributed by atoms with Crippen molar-refractivity contribution in [2.45, 2.75) is 6.92 Å². The van der Waals surface area contributed by atoms with E-state index in [1.54, 1.807) is 6.07 Å². The molecule has 6 nitrogen and oxygen atoms in total. The number of aromatic nitrogens is 2. The van der Waals surface area contributed by atoms with E-state index in [1.807, 2.05) is 41.9 Å². The summed E-state index contributed by atoms with van der Waals surface area (Å²) < 4.78 is 6.34. The number of fused-ring (bicyclic) bond motifs is 1. The van der Waals surface area contributed by atoms with E-state index in [2.05, 4.69) is 15.2 Å². The smallest absolute Gasteiger partial charge is 0.325 e. The molecule has 2 aromatic heterocycles. The number of methoxy groups -OCH3 is 1. The Bertz CT molecular complexity index is 867. The van der Waals surface area contributed by atoms with Gasteiger partial charge in [0.05, 0.1) is 23.4 Å². The van der Waals surface area contributed by atoms with Gasteiger partial charge in [-0.05, 0) is 25.1 Å². The van der Waals surface area contributed by atoms with E-state index in [0.29, 0.717) is 4.88 Å². The molecule has 1 aromatic carbocycles. The summed E-state index contributed by atoms with van der Waals surface area (Å²) in [5.74, 6) is -0.776. The van der Waals surface area contributed by atoms with Crippen molar-refractivity contribution in [2.75, 3.05) is 13.7 Å². The Hall–Kier alpha value is -2.67. The number of aryl methyl sites for hydroxylation is 1. The van der Waals surface area contributed by atoms with Gasteiger partial charge < -0.3 is 10.1 Å². The molecular weight excluding hydrogens is 314 g/mol. The molecule has 0 fully saturated rings. The van der Waals surface area contributed by atoms with Gasteiger partial charge in [-0.1, -0.05) is 18.2 Å². The number of ether oxygens (including phenoxy) is 1. The van der Waals surface area contributed by atoms with Crippen LogP contribution in [0.5, 0.6) is 0 Å². The molecule has 0 saturated heterocycles. The number of carbonyl (C=O) groups is 2. The highest BCUT2D eigenvalue weighted by Gasteiger charge is 2.17. The van der Waals surface area contributed by atoms with Crippen molar-refractivity contribution in [1.29, 1.82) is 0 Å². The second-order valence-corrected chi connectivity index (χ2v) is 5.95. The summed E-state index contributed by atoms with van der Waals surface area (Å²) in [7, 11) is 1.28. The first-order valence-electron chi connectivity index (χ1n) is 6.99. The third-order valence-electron chi connectivity index (χ3n) is 3.39. The van der Waals surface area contributed by atoms with Crippen LogP contribution in [0.25, 0.3) is 15.9 Å². The monoisotopic (exact) mass is 329 g/mol. The molecule has 1 N–H and O–H groups in total. The summed E-state index contributed by atoms with van der Waals surface area (Å²) in [4.78, 5) is 24.7. The molecule has 118 valence electrons. The van der Waals surface area contributed by atoms with Gasteiger partial charge in [-0.3, -0.25) is 9.59 Å². The molecule has 0 atom stereocenters. The number of hydrogen-bond acceptors (Lipinski definition) is 5. The number of esters is 1. The molecule has 0 aliphatic heterocycles. The molecular formula is C16H15N3O3S. The van der Waals surface area contributed by atoms with Crippen LogP contribution < -0.4 is 5.32 Å². The van der Waals surface area contributed by atoms with Gasteiger partial charge in [-0.25, -0.2) is 4.68 Å². The number of amides is 1. The van der Waals surface area contributed by atoms with Crippen molar-refractivity contribution < 1.29 is 14.3 Å². The van der Waals surface area contributed by atoms with Crippen molar-refractivity contribution >= 4 is 33.4 Å². The topological polar surface area (TPSA) is 73.2 Å². The third-order valence-corrected chi connectivity index (χ3v) is 4.50. The number of hydrogen-bond donors (Lipinski definition) is 1. The van der Waals surface area contributed by atoms with E-state index < -0.39 is 5.97 Å². The fraction of sp³-hybridized carbons (Fsp3) is 0.188. The molecule has 2 heterocycles. The standard InChI is InChI=1S/C16H15N3O3S/c1-10-12-8-13(15(21)17-9-14(20)22-2)23-16(12)19(18-10)11-6-4-3-5-7-11/h3-8H,9H2,1-2H3,(H,17,21).